The molecule has 2 aliphatic rings. The van der Waals surface area contributed by atoms with Crippen molar-refractivity contribution in [1.82, 2.24) is 34.6 Å². The number of H-pyrrole nitrogens is 2. The van der Waals surface area contributed by atoms with E-state index >= 15 is 0 Å². The van der Waals surface area contributed by atoms with Gasteiger partial charge >= 0.3 is 6.18 Å². The molecule has 0 unspecified atom stereocenters. The molecule has 0 bridgehead atoms. The second kappa shape index (κ2) is 10.5. The molecule has 0 radical (unpaired) electrons. The van der Waals surface area contributed by atoms with Crippen molar-refractivity contribution in [3.05, 3.63) is 47.8 Å². The zero-order chi connectivity index (χ0) is 26.9. The molecule has 5 rings (SSSR count). The lowest BCUT2D eigenvalue weighted by Crippen LogP contribution is -2.47. The van der Waals surface area contributed by atoms with E-state index in [0.29, 0.717) is 32.6 Å². The summed E-state index contributed by atoms with van der Waals surface area (Å²) in [4.78, 5) is 6.43. The van der Waals surface area contributed by atoms with Gasteiger partial charge in [0, 0.05) is 49.7 Å². The zero-order valence-corrected chi connectivity index (χ0v) is 21.8. The maximum Gasteiger partial charge on any atom is 0.433 e. The summed E-state index contributed by atoms with van der Waals surface area (Å²) in [7, 11) is -3.17. The highest BCUT2D eigenvalue weighted by molar-refractivity contribution is 7.90. The molecule has 2 N–H and O–H groups in total. The number of nitrogens with one attached hydrogen (secondary N) is 2. The molecular formula is C25H30F3N7O2S. The quantitative estimate of drug-likeness (QED) is 0.412. The van der Waals surface area contributed by atoms with Crippen molar-refractivity contribution < 1.29 is 21.6 Å². The molecule has 3 aromatic rings. The standard InChI is InChI=1S/C25H30F3N7O2S/c1-2-3-4-17-13-23(21-16-31-33-24(21)25(26,27)28)29-14-19(17)20-15-30-32-22(20)7-8-34-9-11-35(12-10-34)38(36,37)18-5-6-18/h7-8,13-16,18H,2-6,9-12H2,1H3,(H,30,32)(H,31,33)/b8-7+. The van der Waals surface area contributed by atoms with Gasteiger partial charge in [-0.1, -0.05) is 13.3 Å². The number of nitrogens with zero attached hydrogens (tertiary/aromatic N) is 5. The van der Waals surface area contributed by atoms with Gasteiger partial charge in [0.2, 0.25) is 10.0 Å². The molecule has 204 valence electrons. The van der Waals surface area contributed by atoms with Gasteiger partial charge < -0.3 is 4.90 Å². The van der Waals surface area contributed by atoms with Crippen molar-refractivity contribution >= 4 is 16.1 Å². The largest absolute Gasteiger partial charge is 0.433 e. The van der Waals surface area contributed by atoms with Crippen LogP contribution >= 0.6 is 0 Å². The van der Waals surface area contributed by atoms with Crippen LogP contribution in [-0.4, -0.2) is 74.4 Å². The average Bonchev–Trinajstić information content (AvgIpc) is 3.46. The first-order valence-corrected chi connectivity index (χ1v) is 14.2. The first-order chi connectivity index (χ1) is 18.2. The van der Waals surface area contributed by atoms with E-state index in [0.717, 1.165) is 54.3 Å². The molecule has 0 atom stereocenters. The van der Waals surface area contributed by atoms with Gasteiger partial charge in [0.25, 0.3) is 0 Å². The van der Waals surface area contributed by atoms with E-state index in [1.807, 2.05) is 17.4 Å². The number of aromatic nitrogens is 5. The summed E-state index contributed by atoms with van der Waals surface area (Å²) in [6.45, 7) is 4.16. The number of piperazine rings is 1. The lowest BCUT2D eigenvalue weighted by atomic mass is 9.96. The number of hydrogen-bond acceptors (Lipinski definition) is 6. The minimum absolute atomic E-state index is 0.0862. The Balaban J connectivity index is 1.36. The number of halogens is 3. The highest BCUT2D eigenvalue weighted by Crippen LogP contribution is 2.37. The van der Waals surface area contributed by atoms with E-state index in [1.165, 1.54) is 0 Å². The highest BCUT2D eigenvalue weighted by Gasteiger charge is 2.40. The van der Waals surface area contributed by atoms with E-state index in [2.05, 4.69) is 32.1 Å². The summed E-state index contributed by atoms with van der Waals surface area (Å²) in [5.74, 6) is 0. The number of aromatic amines is 2. The molecule has 3 aromatic heterocycles. The Morgan fingerprint density at radius 2 is 1.74 bits per heavy atom. The Morgan fingerprint density at radius 1 is 1.03 bits per heavy atom. The molecule has 1 saturated heterocycles. The minimum Gasteiger partial charge on any atom is -0.375 e. The highest BCUT2D eigenvalue weighted by atomic mass is 32.2. The molecular weight excluding hydrogens is 519 g/mol. The van der Waals surface area contributed by atoms with Gasteiger partial charge in [-0.05, 0) is 43.4 Å². The number of aryl methyl sites for hydroxylation is 1. The Hall–Kier alpha value is -3.19. The minimum atomic E-state index is -4.56. The third-order valence-corrected chi connectivity index (χ3v) is 9.38. The molecule has 1 aliphatic carbocycles. The average molecular weight is 550 g/mol. The Labute approximate surface area is 219 Å². The van der Waals surface area contributed by atoms with Gasteiger partial charge in [-0.2, -0.15) is 27.7 Å². The number of hydrogen-bond donors (Lipinski definition) is 2. The molecule has 13 heteroatoms. The maximum atomic E-state index is 13.4. The van der Waals surface area contributed by atoms with Crippen LogP contribution in [0.3, 0.4) is 0 Å². The summed E-state index contributed by atoms with van der Waals surface area (Å²) in [6.07, 6.45) is 7.66. The predicted octanol–water partition coefficient (Wildman–Crippen LogP) is 4.30. The summed E-state index contributed by atoms with van der Waals surface area (Å²) in [5.41, 5.74) is 2.41. The number of sulfonamides is 1. The van der Waals surface area contributed by atoms with Crippen molar-refractivity contribution in [2.75, 3.05) is 26.2 Å². The smallest absolute Gasteiger partial charge is 0.375 e. The van der Waals surface area contributed by atoms with Crippen LogP contribution in [0.1, 0.15) is 49.6 Å². The van der Waals surface area contributed by atoms with E-state index in [1.54, 1.807) is 22.8 Å². The number of unbranched alkanes of at least 4 members (excludes halogenated alkanes) is 1. The second-order valence-corrected chi connectivity index (χ2v) is 11.9. The molecule has 9 nitrogen and oxygen atoms in total. The Bertz CT molecular complexity index is 1400. The summed E-state index contributed by atoms with van der Waals surface area (Å²) < 4.78 is 66.8. The SMILES string of the molecule is CCCCc1cc(-c2cn[nH]c2C(F)(F)F)ncc1-c1cn[nH]c1/C=C/N1CCN(S(=O)(=O)C2CC2)CC1. The number of rotatable bonds is 9. The first-order valence-electron chi connectivity index (χ1n) is 12.7. The van der Waals surface area contributed by atoms with Crippen LogP contribution in [0.4, 0.5) is 13.2 Å². The van der Waals surface area contributed by atoms with Crippen LogP contribution in [0.2, 0.25) is 0 Å². The maximum absolute atomic E-state index is 13.4. The van der Waals surface area contributed by atoms with Crippen LogP contribution in [0.15, 0.2) is 30.9 Å². The van der Waals surface area contributed by atoms with Crippen molar-refractivity contribution in [1.29, 1.82) is 0 Å². The summed E-state index contributed by atoms with van der Waals surface area (Å²) in [5, 5.41) is 12.6. The molecule has 2 fully saturated rings. The van der Waals surface area contributed by atoms with Crippen molar-refractivity contribution in [2.45, 2.75) is 50.5 Å². The van der Waals surface area contributed by atoms with Crippen molar-refractivity contribution in [2.24, 2.45) is 0 Å². The van der Waals surface area contributed by atoms with E-state index in [4.69, 9.17) is 0 Å². The lowest BCUT2D eigenvalue weighted by Gasteiger charge is -2.33. The first kappa shape index (κ1) is 26.4. The molecule has 0 spiro atoms. The van der Waals surface area contributed by atoms with E-state index in [-0.39, 0.29) is 16.5 Å². The summed E-state index contributed by atoms with van der Waals surface area (Å²) >= 11 is 0. The van der Waals surface area contributed by atoms with Crippen LogP contribution in [-0.2, 0) is 22.6 Å². The van der Waals surface area contributed by atoms with Gasteiger partial charge in [0.15, 0.2) is 0 Å². The third-order valence-electron chi connectivity index (χ3n) is 6.98. The van der Waals surface area contributed by atoms with Crippen LogP contribution in [0, 0.1) is 0 Å². The van der Waals surface area contributed by atoms with Crippen LogP contribution in [0.25, 0.3) is 28.5 Å². The lowest BCUT2D eigenvalue weighted by molar-refractivity contribution is -0.140. The molecule has 0 aromatic carbocycles. The monoisotopic (exact) mass is 549 g/mol. The van der Waals surface area contributed by atoms with Gasteiger partial charge in [-0.15, -0.1) is 0 Å². The number of alkyl halides is 3. The fourth-order valence-electron chi connectivity index (χ4n) is 4.66. The zero-order valence-electron chi connectivity index (χ0n) is 21.0. The Morgan fingerprint density at radius 3 is 2.42 bits per heavy atom. The predicted molar refractivity (Wildman–Crippen MR) is 137 cm³/mol. The van der Waals surface area contributed by atoms with Gasteiger partial charge in [-0.3, -0.25) is 15.2 Å². The third kappa shape index (κ3) is 5.48. The molecule has 38 heavy (non-hydrogen) atoms. The van der Waals surface area contributed by atoms with Crippen molar-refractivity contribution in [3.63, 3.8) is 0 Å². The van der Waals surface area contributed by atoms with Gasteiger partial charge in [-0.25, -0.2) is 8.42 Å². The van der Waals surface area contributed by atoms with Crippen molar-refractivity contribution in [3.8, 4) is 22.4 Å². The van der Waals surface area contributed by atoms with Crippen LogP contribution in [0.5, 0.6) is 0 Å². The normalized spacial score (nSPS) is 17.5. The van der Waals surface area contributed by atoms with E-state index in [9.17, 15) is 21.6 Å². The second-order valence-electron chi connectivity index (χ2n) is 9.68. The fourth-order valence-corrected chi connectivity index (χ4v) is 6.48. The van der Waals surface area contributed by atoms with Gasteiger partial charge in [0.05, 0.1) is 34.6 Å². The summed E-state index contributed by atoms with van der Waals surface area (Å²) in [6, 6.07) is 1.70. The Kier molecular flexibility index (Phi) is 7.32. The topological polar surface area (TPSA) is 111 Å². The van der Waals surface area contributed by atoms with Gasteiger partial charge in [0.1, 0.15) is 5.69 Å². The molecule has 1 aliphatic heterocycles. The fraction of sp³-hybridized carbons (Fsp3) is 0.480. The molecule has 0 amide bonds. The van der Waals surface area contributed by atoms with E-state index < -0.39 is 21.9 Å². The molecule has 1 saturated carbocycles. The molecule has 4 heterocycles. The van der Waals surface area contributed by atoms with Crippen LogP contribution < -0.4 is 0 Å². The number of pyridine rings is 1.